The van der Waals surface area contributed by atoms with Gasteiger partial charge in [-0.15, -0.1) is 0 Å². The summed E-state index contributed by atoms with van der Waals surface area (Å²) < 4.78 is 9.40. The molecule has 0 fully saturated rings. The van der Waals surface area contributed by atoms with Crippen LogP contribution < -0.4 is 0 Å². The van der Waals surface area contributed by atoms with Gasteiger partial charge in [-0.3, -0.25) is 9.36 Å². The van der Waals surface area contributed by atoms with Crippen molar-refractivity contribution in [2.24, 2.45) is 0 Å². The minimum absolute atomic E-state index is 1.17. The Bertz CT molecular complexity index is 76.8. The lowest BCUT2D eigenvalue weighted by molar-refractivity contribution is 0.272. The normalized spacial score (nSPS) is 13.7. The number of carbonyl (C=O) groups excluding carboxylic acids is 1. The number of hydrogen-bond donors (Lipinski definition) is 1. The van der Waals surface area contributed by atoms with Gasteiger partial charge >= 0.3 is 4.98 Å². The first-order valence-corrected chi connectivity index (χ1v) is 2.80. The highest BCUT2D eigenvalue weighted by Crippen LogP contribution is 2.17. The fourth-order valence-electron chi connectivity index (χ4n) is 0. The Morgan fingerprint density at radius 3 is 2.00 bits per heavy atom. The van der Waals surface area contributed by atoms with Gasteiger partial charge in [0.05, 0.1) is 0 Å². The molecule has 0 heterocycles. The highest BCUT2D eigenvalue weighted by Gasteiger charge is 1.98. The molecule has 0 spiro atoms. The van der Waals surface area contributed by atoms with Crippen LogP contribution in [0.5, 0.6) is 0 Å². The standard InChI is InChI=1S/CH2ClO3P/c2-1(3)6(4)5/h6H,(H,4,5). The minimum Gasteiger partial charge on any atom is -0.340 e. The molecule has 0 amide bonds. The summed E-state index contributed by atoms with van der Waals surface area (Å²) in [5, 5.41) is 0. The zero-order valence-corrected chi connectivity index (χ0v) is 4.40. The molecule has 0 aromatic carbocycles. The lowest BCUT2D eigenvalue weighted by Crippen LogP contribution is -1.64. The predicted octanol–water partition coefficient (Wildman–Crippen LogP) is 0.812. The van der Waals surface area contributed by atoms with Crippen LogP contribution in [-0.2, 0) is 4.57 Å². The van der Waals surface area contributed by atoms with Crippen LogP contribution in [0.1, 0.15) is 0 Å². The molecule has 0 aliphatic heterocycles. The van der Waals surface area contributed by atoms with E-state index in [0.717, 1.165) is 0 Å². The van der Waals surface area contributed by atoms with Crippen LogP contribution in [0.2, 0.25) is 0 Å². The van der Waals surface area contributed by atoms with Gasteiger partial charge in [0, 0.05) is 0 Å². The summed E-state index contributed by atoms with van der Waals surface area (Å²) in [5.41, 5.74) is 0. The summed E-state index contributed by atoms with van der Waals surface area (Å²) in [6.07, 6.45) is 0. The van der Waals surface area contributed by atoms with E-state index in [1.807, 2.05) is 0 Å². The van der Waals surface area contributed by atoms with Crippen molar-refractivity contribution >= 4 is 24.6 Å². The van der Waals surface area contributed by atoms with Crippen molar-refractivity contribution < 1.29 is 14.3 Å². The first kappa shape index (κ1) is 6.15. The molecule has 0 aromatic heterocycles. The van der Waals surface area contributed by atoms with E-state index >= 15 is 0 Å². The molecule has 1 N–H and O–H groups in total. The Labute approximate surface area is 39.8 Å². The Morgan fingerprint density at radius 2 is 2.00 bits per heavy atom. The number of halogens is 1. The van der Waals surface area contributed by atoms with E-state index in [4.69, 9.17) is 4.89 Å². The zero-order chi connectivity index (χ0) is 5.15. The van der Waals surface area contributed by atoms with E-state index in [0.29, 0.717) is 0 Å². The smallest absolute Gasteiger partial charge is 0.303 e. The zero-order valence-electron chi connectivity index (χ0n) is 2.64. The number of rotatable bonds is 1. The molecule has 3 nitrogen and oxygen atoms in total. The minimum atomic E-state index is -3.08. The van der Waals surface area contributed by atoms with E-state index in [-0.39, 0.29) is 0 Å². The summed E-state index contributed by atoms with van der Waals surface area (Å²) >= 11 is 4.46. The monoisotopic (exact) mass is 128 g/mol. The third-order valence-electron chi connectivity index (χ3n) is 0.168. The Balaban J connectivity index is 3.57. The molecule has 0 saturated heterocycles. The summed E-state index contributed by atoms with van der Waals surface area (Å²) in [6, 6.07) is 0. The van der Waals surface area contributed by atoms with Gasteiger partial charge in [0.15, 0.2) is 0 Å². The maximum Gasteiger partial charge on any atom is 0.303 e. The maximum atomic E-state index is 9.40. The molecule has 0 aliphatic rings. The van der Waals surface area contributed by atoms with Gasteiger partial charge in [-0.2, -0.15) is 0 Å². The molecule has 36 valence electrons. The molecule has 5 heteroatoms. The summed E-state index contributed by atoms with van der Waals surface area (Å²) in [6.45, 7) is 0. The van der Waals surface area contributed by atoms with Gasteiger partial charge in [0.25, 0.3) is 8.03 Å². The maximum absolute atomic E-state index is 9.40. The van der Waals surface area contributed by atoms with Gasteiger partial charge in [0.2, 0.25) is 0 Å². The summed E-state index contributed by atoms with van der Waals surface area (Å²) in [4.78, 5) is 15.9. The van der Waals surface area contributed by atoms with Crippen molar-refractivity contribution in [3.05, 3.63) is 0 Å². The Morgan fingerprint density at radius 1 is 1.83 bits per heavy atom. The molecule has 0 rings (SSSR count). The van der Waals surface area contributed by atoms with E-state index in [9.17, 15) is 9.36 Å². The average Bonchev–Trinajstić information content (AvgIpc) is 1.36. The topological polar surface area (TPSA) is 54.4 Å². The Kier molecular flexibility index (Phi) is 2.40. The van der Waals surface area contributed by atoms with Crippen LogP contribution in [0.3, 0.4) is 0 Å². The van der Waals surface area contributed by atoms with E-state index in [2.05, 4.69) is 11.6 Å². The van der Waals surface area contributed by atoms with Crippen molar-refractivity contribution in [2.45, 2.75) is 0 Å². The van der Waals surface area contributed by atoms with Gasteiger partial charge in [-0.25, -0.2) is 0 Å². The lowest BCUT2D eigenvalue weighted by Gasteiger charge is -1.72. The highest BCUT2D eigenvalue weighted by atomic mass is 35.5. The van der Waals surface area contributed by atoms with Gasteiger partial charge in [0.1, 0.15) is 0 Å². The van der Waals surface area contributed by atoms with Gasteiger partial charge in [-0.05, 0) is 11.6 Å². The van der Waals surface area contributed by atoms with Crippen molar-refractivity contribution in [1.29, 1.82) is 0 Å². The Hall–Kier alpha value is 0.150. The first-order valence-electron chi connectivity index (χ1n) is 1.07. The number of carbonyl (C=O) groups is 1. The van der Waals surface area contributed by atoms with Crippen LogP contribution in [0.4, 0.5) is 4.79 Å². The molecule has 0 aromatic rings. The SMILES string of the molecule is O=C(Cl)[PH](=O)O. The molecular formula is CH2ClO3P. The second-order valence-electron chi connectivity index (χ2n) is 0.579. The molecule has 0 saturated carbocycles. The fraction of sp³-hybridized carbons (Fsp3) is 0. The van der Waals surface area contributed by atoms with Crippen molar-refractivity contribution in [2.75, 3.05) is 0 Å². The summed E-state index contributed by atoms with van der Waals surface area (Å²) in [5.74, 6) is 0. The van der Waals surface area contributed by atoms with Crippen molar-refractivity contribution in [3.8, 4) is 0 Å². The molecule has 0 bridgehead atoms. The average molecular weight is 128 g/mol. The first-order chi connectivity index (χ1) is 2.64. The summed E-state index contributed by atoms with van der Waals surface area (Å²) in [7, 11) is -3.08. The van der Waals surface area contributed by atoms with Crippen molar-refractivity contribution in [3.63, 3.8) is 0 Å². The van der Waals surface area contributed by atoms with Crippen LogP contribution >= 0.6 is 19.6 Å². The molecule has 1 unspecified atom stereocenters. The second-order valence-corrected chi connectivity index (χ2v) is 2.30. The van der Waals surface area contributed by atoms with Crippen LogP contribution in [0.15, 0.2) is 0 Å². The molecule has 6 heavy (non-hydrogen) atoms. The van der Waals surface area contributed by atoms with Crippen LogP contribution in [0, 0.1) is 0 Å². The fourth-order valence-corrected chi connectivity index (χ4v) is 0. The quantitative estimate of drug-likeness (QED) is 0.420. The third-order valence-corrected chi connectivity index (χ3v) is 0.989. The van der Waals surface area contributed by atoms with E-state index in [1.165, 1.54) is 0 Å². The third kappa shape index (κ3) is 2.39. The van der Waals surface area contributed by atoms with Crippen LogP contribution in [0.25, 0.3) is 0 Å². The van der Waals surface area contributed by atoms with Gasteiger partial charge in [-0.1, -0.05) is 0 Å². The predicted molar refractivity (Wildman–Crippen MR) is 22.5 cm³/mol. The molecule has 0 aliphatic carbocycles. The molecule has 0 radical (unpaired) electrons. The van der Waals surface area contributed by atoms with Gasteiger partial charge < -0.3 is 4.89 Å². The number of hydrogen-bond acceptors (Lipinski definition) is 2. The largest absolute Gasteiger partial charge is 0.340 e. The van der Waals surface area contributed by atoms with E-state index < -0.39 is 13.0 Å². The molecule has 1 atom stereocenters. The second kappa shape index (κ2) is 2.35. The highest BCUT2D eigenvalue weighted by molar-refractivity contribution is 7.64. The molecular weight excluding hydrogens is 126 g/mol. The lowest BCUT2D eigenvalue weighted by atomic mass is 11.8. The van der Waals surface area contributed by atoms with Crippen LogP contribution in [-0.4, -0.2) is 9.88 Å². The van der Waals surface area contributed by atoms with E-state index in [1.54, 1.807) is 0 Å². The van der Waals surface area contributed by atoms with Crippen molar-refractivity contribution in [1.82, 2.24) is 0 Å².